The molecule has 3 nitrogen and oxygen atoms in total. The summed E-state index contributed by atoms with van der Waals surface area (Å²) in [5, 5.41) is 7.42. The van der Waals surface area contributed by atoms with Crippen molar-refractivity contribution in [2.45, 2.75) is 6.92 Å². The Balaban J connectivity index is 0.000000453. The fourth-order valence-corrected chi connectivity index (χ4v) is 1.07. The molecule has 1 heterocycles. The van der Waals surface area contributed by atoms with Crippen LogP contribution in [0.1, 0.15) is 6.92 Å². The number of hydrogen-bond donors (Lipinski definition) is 1. The van der Waals surface area contributed by atoms with Gasteiger partial charge in [-0.05, 0) is 11.8 Å². The maximum absolute atomic E-state index is 9.00. The van der Waals surface area contributed by atoms with E-state index in [1.54, 1.807) is 6.20 Å². The average molecular weight is 321 g/mol. The number of hydrogen-bond acceptors (Lipinski definition) is 2. The Morgan fingerprint density at radius 2 is 1.88 bits per heavy atom. The number of pyridine rings is 1. The first-order valence-electron chi connectivity index (χ1n) is 4.78. The maximum atomic E-state index is 9.00. The average Bonchev–Trinajstić information content (AvgIpc) is 2.31. The second kappa shape index (κ2) is 8.63. The molecule has 0 atom stereocenters. The van der Waals surface area contributed by atoms with E-state index in [0.717, 1.165) is 18.2 Å². The predicted molar refractivity (Wildman–Crippen MR) is 61.8 cm³/mol. The molecule has 0 unspecified atom stereocenters. The first-order chi connectivity index (χ1) is 7.70. The Labute approximate surface area is 114 Å². The molecule has 0 amide bonds. The smallest absolute Gasteiger partial charge is 0.300 e. The molecule has 0 bridgehead atoms. The van der Waals surface area contributed by atoms with Crippen LogP contribution in [0.5, 0.6) is 0 Å². The third-order valence-corrected chi connectivity index (χ3v) is 1.65. The summed E-state index contributed by atoms with van der Waals surface area (Å²) in [6, 6.07) is 16.8. The number of carbonyl (C=O) groups is 1. The van der Waals surface area contributed by atoms with Crippen LogP contribution in [0, 0.1) is 6.07 Å². The van der Waals surface area contributed by atoms with Crippen LogP contribution in [-0.4, -0.2) is 16.1 Å². The van der Waals surface area contributed by atoms with Crippen LogP contribution in [0.25, 0.3) is 11.3 Å². The molecule has 4 heteroatoms. The van der Waals surface area contributed by atoms with Gasteiger partial charge in [-0.2, -0.15) is 0 Å². The molecule has 0 aliphatic heterocycles. The van der Waals surface area contributed by atoms with Crippen LogP contribution in [0.2, 0.25) is 0 Å². The summed E-state index contributed by atoms with van der Waals surface area (Å²) in [6.45, 7) is 1.08. The van der Waals surface area contributed by atoms with Gasteiger partial charge in [-0.15, -0.1) is 35.9 Å². The molecule has 17 heavy (non-hydrogen) atoms. The third kappa shape index (κ3) is 6.62. The molecule has 0 radical (unpaired) electrons. The van der Waals surface area contributed by atoms with E-state index in [-0.39, 0.29) is 20.4 Å². The van der Waals surface area contributed by atoms with E-state index < -0.39 is 5.97 Å². The number of benzene rings is 1. The van der Waals surface area contributed by atoms with Crippen LogP contribution in [-0.2, 0) is 25.2 Å². The van der Waals surface area contributed by atoms with E-state index in [4.69, 9.17) is 9.90 Å². The van der Waals surface area contributed by atoms with Crippen molar-refractivity contribution in [3.8, 4) is 11.3 Å². The Morgan fingerprint density at radius 1 is 1.24 bits per heavy atom. The Hall–Kier alpha value is -1.50. The number of nitrogens with zero attached hydrogens (tertiary/aromatic N) is 1. The van der Waals surface area contributed by atoms with Gasteiger partial charge in [0.25, 0.3) is 5.97 Å². The fourth-order valence-electron chi connectivity index (χ4n) is 1.07. The Kier molecular flexibility index (Phi) is 7.87. The fraction of sp³-hybridized carbons (Fsp3) is 0.0769. The first-order valence-corrected chi connectivity index (χ1v) is 4.78. The summed E-state index contributed by atoms with van der Waals surface area (Å²) in [4.78, 5) is 13.2. The van der Waals surface area contributed by atoms with E-state index in [2.05, 4.69) is 11.1 Å². The zero-order valence-electron chi connectivity index (χ0n) is 9.24. The van der Waals surface area contributed by atoms with Crippen molar-refractivity contribution in [2.75, 3.05) is 0 Å². The topological polar surface area (TPSA) is 50.2 Å². The normalized spacial score (nSPS) is 8.29. The van der Waals surface area contributed by atoms with Crippen LogP contribution >= 0.6 is 0 Å². The summed E-state index contributed by atoms with van der Waals surface area (Å²) in [5.74, 6) is -0.833. The summed E-state index contributed by atoms with van der Waals surface area (Å²) in [7, 11) is 0. The van der Waals surface area contributed by atoms with Crippen molar-refractivity contribution < 1.29 is 30.3 Å². The molecular formula is C13H12NO2Pd-. The van der Waals surface area contributed by atoms with Crippen molar-refractivity contribution in [1.29, 1.82) is 0 Å². The number of rotatable bonds is 1. The Morgan fingerprint density at radius 3 is 2.35 bits per heavy atom. The SMILES string of the molecule is CC(=O)O.[Pd].[c-]1ccccc1-c1ccccn1. The number of aromatic nitrogens is 1. The van der Waals surface area contributed by atoms with Gasteiger partial charge >= 0.3 is 0 Å². The van der Waals surface area contributed by atoms with Crippen LogP contribution in [0.15, 0.2) is 48.7 Å². The molecule has 92 valence electrons. The summed E-state index contributed by atoms with van der Waals surface area (Å²) in [6.07, 6.45) is 1.79. The molecule has 2 aromatic rings. The second-order valence-corrected chi connectivity index (χ2v) is 3.01. The largest absolute Gasteiger partial charge is 0.481 e. The van der Waals surface area contributed by atoms with Gasteiger partial charge in [-0.3, -0.25) is 4.79 Å². The molecular weight excluding hydrogens is 309 g/mol. The minimum atomic E-state index is -0.833. The standard InChI is InChI=1S/C11H8N.C2H4O2.Pd/c1-2-6-10(7-3-1)11-8-4-5-9-12-11;1-2(3)4;/h1-6,8-9H;1H3,(H,3,4);/q-1;;. The minimum absolute atomic E-state index is 0. The molecule has 0 saturated heterocycles. The molecule has 0 aliphatic rings. The van der Waals surface area contributed by atoms with Gasteiger partial charge in [0.05, 0.1) is 0 Å². The Bertz CT molecular complexity index is 390. The van der Waals surface area contributed by atoms with Crippen LogP contribution < -0.4 is 0 Å². The van der Waals surface area contributed by atoms with Crippen LogP contribution in [0.4, 0.5) is 0 Å². The van der Waals surface area contributed by atoms with Gasteiger partial charge < -0.3 is 10.1 Å². The second-order valence-electron chi connectivity index (χ2n) is 3.01. The zero-order valence-corrected chi connectivity index (χ0v) is 10.8. The van der Waals surface area contributed by atoms with Crippen molar-refractivity contribution in [3.63, 3.8) is 0 Å². The monoisotopic (exact) mass is 320 g/mol. The molecule has 1 N–H and O–H groups in total. The van der Waals surface area contributed by atoms with Gasteiger partial charge in [-0.25, -0.2) is 0 Å². The van der Waals surface area contributed by atoms with E-state index >= 15 is 0 Å². The molecule has 1 aromatic carbocycles. The van der Waals surface area contributed by atoms with Gasteiger partial charge in [-0.1, -0.05) is 12.1 Å². The minimum Gasteiger partial charge on any atom is -0.481 e. The van der Waals surface area contributed by atoms with Gasteiger partial charge in [0, 0.05) is 33.5 Å². The van der Waals surface area contributed by atoms with Gasteiger partial charge in [0.1, 0.15) is 0 Å². The van der Waals surface area contributed by atoms with Crippen molar-refractivity contribution in [2.24, 2.45) is 0 Å². The molecule has 0 spiro atoms. The molecule has 1 aromatic heterocycles. The summed E-state index contributed by atoms with van der Waals surface area (Å²) in [5.41, 5.74) is 2.01. The van der Waals surface area contributed by atoms with Crippen molar-refractivity contribution >= 4 is 5.97 Å². The summed E-state index contributed by atoms with van der Waals surface area (Å²) >= 11 is 0. The van der Waals surface area contributed by atoms with E-state index in [0.29, 0.717) is 0 Å². The molecule has 2 rings (SSSR count). The maximum Gasteiger partial charge on any atom is 0.300 e. The third-order valence-electron chi connectivity index (χ3n) is 1.65. The molecule has 0 aliphatic carbocycles. The molecule has 0 fully saturated rings. The van der Waals surface area contributed by atoms with E-state index in [1.165, 1.54) is 0 Å². The first kappa shape index (κ1) is 15.5. The zero-order chi connectivity index (χ0) is 11.8. The number of carboxylic acids is 1. The van der Waals surface area contributed by atoms with Crippen molar-refractivity contribution in [1.82, 2.24) is 4.98 Å². The number of carboxylic acid groups (broad SMARTS) is 1. The van der Waals surface area contributed by atoms with Crippen molar-refractivity contribution in [3.05, 3.63) is 54.7 Å². The predicted octanol–water partition coefficient (Wildman–Crippen LogP) is 2.64. The van der Waals surface area contributed by atoms with E-state index in [1.807, 2.05) is 42.5 Å². The molecule has 0 saturated carbocycles. The van der Waals surface area contributed by atoms with E-state index in [9.17, 15) is 0 Å². The quantitative estimate of drug-likeness (QED) is 0.649. The van der Waals surface area contributed by atoms with Crippen LogP contribution in [0.3, 0.4) is 0 Å². The van der Waals surface area contributed by atoms with Gasteiger partial charge in [0.15, 0.2) is 0 Å². The van der Waals surface area contributed by atoms with Gasteiger partial charge in [0.2, 0.25) is 0 Å². The summed E-state index contributed by atoms with van der Waals surface area (Å²) < 4.78 is 0. The number of aliphatic carboxylic acids is 1.